The lowest BCUT2D eigenvalue weighted by Crippen LogP contribution is -2.30. The highest BCUT2D eigenvalue weighted by Gasteiger charge is 2.21. The molecule has 0 radical (unpaired) electrons. The van der Waals surface area contributed by atoms with Crippen LogP contribution >= 0.6 is 7.82 Å². The SMILES string of the molecule is CCCCCCCC(=O)OC[C@H](COP(=O)([O-])OC[C@H](O)CO)OC(=O)CCCCCCC. The van der Waals surface area contributed by atoms with Gasteiger partial charge in [-0.1, -0.05) is 65.2 Å². The molecule has 0 saturated heterocycles. The number of ether oxygens (including phenoxy) is 2. The molecule has 0 fully saturated rings. The van der Waals surface area contributed by atoms with Crippen LogP contribution in [0.25, 0.3) is 0 Å². The number of hydrogen-bond donors (Lipinski definition) is 2. The Morgan fingerprint density at radius 3 is 1.88 bits per heavy atom. The smallest absolute Gasteiger partial charge is 0.306 e. The van der Waals surface area contributed by atoms with Crippen LogP contribution in [0.15, 0.2) is 0 Å². The molecule has 0 amide bonds. The Kier molecular flexibility index (Phi) is 19.7. The molecular formula is C22H42O10P-. The topological polar surface area (TPSA) is 152 Å². The fraction of sp³-hybridized carbons (Fsp3) is 0.909. The van der Waals surface area contributed by atoms with Crippen molar-refractivity contribution in [2.45, 2.75) is 103 Å². The predicted molar refractivity (Wildman–Crippen MR) is 120 cm³/mol. The highest BCUT2D eigenvalue weighted by atomic mass is 31.2. The van der Waals surface area contributed by atoms with Gasteiger partial charge in [-0.05, 0) is 12.8 Å². The molecule has 0 heterocycles. The van der Waals surface area contributed by atoms with Gasteiger partial charge in [0.2, 0.25) is 0 Å². The van der Waals surface area contributed by atoms with E-state index in [2.05, 4.69) is 18.4 Å². The van der Waals surface area contributed by atoms with Gasteiger partial charge in [-0.25, -0.2) is 0 Å². The first-order chi connectivity index (χ1) is 15.7. The van der Waals surface area contributed by atoms with E-state index < -0.39 is 51.8 Å². The van der Waals surface area contributed by atoms with Crippen LogP contribution in [-0.2, 0) is 32.7 Å². The summed E-state index contributed by atoms with van der Waals surface area (Å²) >= 11 is 0. The maximum Gasteiger partial charge on any atom is 0.306 e. The standard InChI is InChI=1S/C22H43O10P/c1-3-5-7-9-11-13-21(25)29-17-20(32-22(26)14-12-10-8-6-4-2)18-31-33(27,28)30-16-19(24)15-23/h19-20,23-24H,3-18H2,1-2H3,(H,27,28)/p-1/t19-,20-/m1/s1. The first-order valence-electron chi connectivity index (χ1n) is 12.0. The lowest BCUT2D eigenvalue weighted by molar-refractivity contribution is -0.230. The average molecular weight is 498 g/mol. The second-order valence-corrected chi connectivity index (χ2v) is 9.41. The second kappa shape index (κ2) is 20.4. The molecule has 11 heteroatoms. The summed E-state index contributed by atoms with van der Waals surface area (Å²) in [7, 11) is -4.82. The fourth-order valence-electron chi connectivity index (χ4n) is 2.81. The van der Waals surface area contributed by atoms with Crippen molar-refractivity contribution in [1.29, 1.82) is 0 Å². The van der Waals surface area contributed by atoms with Crippen LogP contribution in [0.4, 0.5) is 0 Å². The van der Waals surface area contributed by atoms with Gasteiger partial charge in [0.25, 0.3) is 7.82 Å². The lowest BCUT2D eigenvalue weighted by Gasteiger charge is -2.26. The van der Waals surface area contributed by atoms with Crippen LogP contribution < -0.4 is 4.89 Å². The Bertz CT molecular complexity index is 557. The number of rotatable bonds is 22. The summed E-state index contributed by atoms with van der Waals surface area (Å²) in [5.74, 6) is -0.993. The third kappa shape index (κ3) is 20.1. The zero-order chi connectivity index (χ0) is 25.0. The summed E-state index contributed by atoms with van der Waals surface area (Å²) in [4.78, 5) is 35.9. The first-order valence-corrected chi connectivity index (χ1v) is 13.4. The molecule has 2 N–H and O–H groups in total. The van der Waals surface area contributed by atoms with Crippen molar-refractivity contribution < 1.29 is 47.8 Å². The van der Waals surface area contributed by atoms with Crippen molar-refractivity contribution in [3.8, 4) is 0 Å². The molecule has 0 aliphatic heterocycles. The van der Waals surface area contributed by atoms with E-state index in [1.54, 1.807) is 0 Å². The minimum Gasteiger partial charge on any atom is -0.756 e. The zero-order valence-corrected chi connectivity index (χ0v) is 21.0. The Morgan fingerprint density at radius 2 is 1.33 bits per heavy atom. The van der Waals surface area contributed by atoms with Gasteiger partial charge in [-0.2, -0.15) is 0 Å². The van der Waals surface area contributed by atoms with Crippen LogP contribution in [0, 0.1) is 0 Å². The van der Waals surface area contributed by atoms with Crippen molar-refractivity contribution in [2.75, 3.05) is 26.4 Å². The normalized spacial score (nSPS) is 14.9. The Balaban J connectivity index is 4.60. The minimum absolute atomic E-state index is 0.166. The highest BCUT2D eigenvalue weighted by molar-refractivity contribution is 7.45. The first kappa shape index (κ1) is 32.0. The van der Waals surface area contributed by atoms with Crippen molar-refractivity contribution >= 4 is 19.8 Å². The number of carbonyl (C=O) groups excluding carboxylic acids is 2. The molecule has 0 aliphatic carbocycles. The number of unbranched alkanes of at least 4 members (excludes halogenated alkanes) is 8. The van der Waals surface area contributed by atoms with E-state index in [1.807, 2.05) is 0 Å². The van der Waals surface area contributed by atoms with E-state index in [0.717, 1.165) is 51.4 Å². The summed E-state index contributed by atoms with van der Waals surface area (Å²) in [6, 6.07) is 0. The average Bonchev–Trinajstić information content (AvgIpc) is 2.79. The van der Waals surface area contributed by atoms with Gasteiger partial charge in [0.15, 0.2) is 6.10 Å². The summed E-state index contributed by atoms with van der Waals surface area (Å²) in [5.41, 5.74) is 0. The number of aliphatic hydroxyl groups excluding tert-OH is 2. The van der Waals surface area contributed by atoms with Gasteiger partial charge in [0.05, 0.1) is 19.8 Å². The molecule has 0 bridgehead atoms. The van der Waals surface area contributed by atoms with Crippen LogP contribution in [0.3, 0.4) is 0 Å². The number of hydrogen-bond acceptors (Lipinski definition) is 10. The third-order valence-electron chi connectivity index (χ3n) is 4.75. The quantitative estimate of drug-likeness (QED) is 0.130. The fourth-order valence-corrected chi connectivity index (χ4v) is 3.58. The molecule has 0 spiro atoms. The number of esters is 2. The van der Waals surface area contributed by atoms with Gasteiger partial charge in [0, 0.05) is 12.8 Å². The molecule has 0 rings (SSSR count). The molecule has 10 nitrogen and oxygen atoms in total. The van der Waals surface area contributed by atoms with Gasteiger partial charge in [-0.15, -0.1) is 0 Å². The van der Waals surface area contributed by atoms with Gasteiger partial charge < -0.3 is 33.6 Å². The Hall–Kier alpha value is -1.03. The van der Waals surface area contributed by atoms with E-state index in [9.17, 15) is 24.2 Å². The second-order valence-electron chi connectivity index (χ2n) is 8.00. The van der Waals surface area contributed by atoms with E-state index in [-0.39, 0.29) is 19.4 Å². The van der Waals surface area contributed by atoms with Crippen molar-refractivity contribution in [1.82, 2.24) is 0 Å². The molecule has 0 aromatic heterocycles. The minimum atomic E-state index is -4.82. The number of phosphoric ester groups is 1. The largest absolute Gasteiger partial charge is 0.756 e. The van der Waals surface area contributed by atoms with Gasteiger partial charge >= 0.3 is 11.9 Å². The third-order valence-corrected chi connectivity index (χ3v) is 5.68. The van der Waals surface area contributed by atoms with Crippen molar-refractivity contribution in [3.63, 3.8) is 0 Å². The molecule has 3 atom stereocenters. The number of carbonyl (C=O) groups is 2. The van der Waals surface area contributed by atoms with Crippen LogP contribution in [-0.4, -0.2) is 60.8 Å². The zero-order valence-electron chi connectivity index (χ0n) is 20.1. The number of phosphoric acid groups is 1. The van der Waals surface area contributed by atoms with Crippen molar-refractivity contribution in [3.05, 3.63) is 0 Å². The molecule has 0 aromatic carbocycles. The molecule has 0 saturated carbocycles. The van der Waals surface area contributed by atoms with Gasteiger partial charge in [0.1, 0.15) is 12.7 Å². The molecule has 0 aliphatic rings. The monoisotopic (exact) mass is 497 g/mol. The molecular weight excluding hydrogens is 455 g/mol. The van der Waals surface area contributed by atoms with Crippen LogP contribution in [0.5, 0.6) is 0 Å². The lowest BCUT2D eigenvalue weighted by atomic mass is 10.1. The predicted octanol–water partition coefficient (Wildman–Crippen LogP) is 3.02. The van der Waals surface area contributed by atoms with E-state index in [4.69, 9.17) is 19.1 Å². The Labute approximate surface area is 197 Å². The molecule has 33 heavy (non-hydrogen) atoms. The summed E-state index contributed by atoms with van der Waals surface area (Å²) in [5, 5.41) is 17.9. The molecule has 196 valence electrons. The maximum atomic E-state index is 12.1. The van der Waals surface area contributed by atoms with Gasteiger partial charge in [-0.3, -0.25) is 14.2 Å². The van der Waals surface area contributed by atoms with E-state index in [1.165, 1.54) is 0 Å². The summed E-state index contributed by atoms with van der Waals surface area (Å²) in [6.07, 6.45) is 7.46. The summed E-state index contributed by atoms with van der Waals surface area (Å²) < 4.78 is 31.4. The summed E-state index contributed by atoms with van der Waals surface area (Å²) in [6.45, 7) is 1.91. The highest BCUT2D eigenvalue weighted by Crippen LogP contribution is 2.38. The molecule has 1 unspecified atom stereocenters. The van der Waals surface area contributed by atoms with Crippen LogP contribution in [0.1, 0.15) is 90.9 Å². The van der Waals surface area contributed by atoms with Crippen LogP contribution in [0.2, 0.25) is 0 Å². The van der Waals surface area contributed by atoms with E-state index >= 15 is 0 Å². The Morgan fingerprint density at radius 1 is 0.818 bits per heavy atom. The number of aliphatic hydroxyl groups is 2. The van der Waals surface area contributed by atoms with Crippen molar-refractivity contribution in [2.24, 2.45) is 0 Å². The molecule has 0 aromatic rings. The van der Waals surface area contributed by atoms with E-state index in [0.29, 0.717) is 12.8 Å². The maximum absolute atomic E-state index is 12.1.